The molecule has 0 aliphatic carbocycles. The predicted molar refractivity (Wildman–Crippen MR) is 68.7 cm³/mol. The van der Waals surface area contributed by atoms with Crippen LogP contribution in [0, 0.1) is 20.8 Å². The molecule has 0 N–H and O–H groups in total. The molecule has 0 nitrogen and oxygen atoms in total. The molecule has 0 saturated carbocycles. The average Bonchev–Trinajstić information content (AvgIpc) is 1.99. The molecule has 0 heterocycles. The Bertz CT molecular complexity index is 236. The molecule has 67 valence electrons. The number of aryl methyl sites for hydroxylation is 3. The van der Waals surface area contributed by atoms with Gasteiger partial charge in [-0.1, -0.05) is 23.8 Å². The van der Waals surface area contributed by atoms with Gasteiger partial charge in [-0.2, -0.15) is 0 Å². The number of hydrogen-bond donors (Lipinski definition) is 0. The summed E-state index contributed by atoms with van der Waals surface area (Å²) < 4.78 is 0. The molecule has 1 aromatic rings. The molecular formula is C9H12I2V. The van der Waals surface area contributed by atoms with Crippen LogP contribution in [0.25, 0.3) is 0 Å². The van der Waals surface area contributed by atoms with Crippen LogP contribution >= 0.6 is 40.0 Å². The van der Waals surface area contributed by atoms with Gasteiger partial charge in [-0.05, 0) is 31.9 Å². The van der Waals surface area contributed by atoms with Crippen molar-refractivity contribution < 1.29 is 9.47 Å². The zero-order valence-electron chi connectivity index (χ0n) is 7.44. The first-order chi connectivity index (χ1) is 5.61. The Kier molecular flexibility index (Phi) is 8.45. The summed E-state index contributed by atoms with van der Waals surface area (Å²) in [6.45, 7) is 6.39. The van der Waals surface area contributed by atoms with Gasteiger partial charge in [-0.15, -0.1) is 0 Å². The molecular weight excluding hydrogens is 413 g/mol. The molecule has 0 unspecified atom stereocenters. The third-order valence-electron chi connectivity index (χ3n) is 1.66. The summed E-state index contributed by atoms with van der Waals surface area (Å²) >= 11 is 4.74. The second kappa shape index (κ2) is 7.65. The monoisotopic (exact) mass is 425 g/mol. The van der Waals surface area contributed by atoms with E-state index in [1.807, 2.05) is 0 Å². The maximum atomic E-state index is 2.37. The standard InChI is InChI=1S/C9H12.2HI.V/c1-7-4-5-8(2)9(3)6-7;;;/h4-6H,1-3H3;2*1H;/q;;;+2/p-2. The summed E-state index contributed by atoms with van der Waals surface area (Å²) in [5, 5.41) is 0. The molecule has 0 fully saturated rings. The second-order valence-electron chi connectivity index (χ2n) is 2.65. The van der Waals surface area contributed by atoms with Gasteiger partial charge < -0.3 is 0 Å². The molecule has 0 aliphatic heterocycles. The molecule has 0 radical (unpaired) electrons. The van der Waals surface area contributed by atoms with Crippen molar-refractivity contribution in [2.24, 2.45) is 0 Å². The molecule has 12 heavy (non-hydrogen) atoms. The summed E-state index contributed by atoms with van der Waals surface area (Å²) in [5.41, 5.74) is 4.11. The minimum atomic E-state index is 0.628. The van der Waals surface area contributed by atoms with Gasteiger partial charge in [0.05, 0.1) is 0 Å². The van der Waals surface area contributed by atoms with E-state index in [1.165, 1.54) is 16.7 Å². The van der Waals surface area contributed by atoms with Gasteiger partial charge >= 0.3 is 49.4 Å². The molecule has 0 aliphatic rings. The maximum absolute atomic E-state index is 2.37. The Balaban J connectivity index is 0.000000354. The van der Waals surface area contributed by atoms with Crippen molar-refractivity contribution in [1.82, 2.24) is 0 Å². The summed E-state index contributed by atoms with van der Waals surface area (Å²) in [6.07, 6.45) is 0. The van der Waals surface area contributed by atoms with Crippen LogP contribution in [0.1, 0.15) is 16.7 Å². The minimum absolute atomic E-state index is 0.628. The molecule has 1 aromatic carbocycles. The molecule has 0 aromatic heterocycles. The zero-order valence-corrected chi connectivity index (χ0v) is 13.1. The number of hydrogen-bond acceptors (Lipinski definition) is 0. The van der Waals surface area contributed by atoms with E-state index in [-0.39, 0.29) is 0 Å². The van der Waals surface area contributed by atoms with Gasteiger partial charge in [0.2, 0.25) is 0 Å². The van der Waals surface area contributed by atoms with E-state index in [4.69, 9.17) is 0 Å². The number of benzene rings is 1. The van der Waals surface area contributed by atoms with Crippen molar-refractivity contribution in [1.29, 1.82) is 0 Å². The van der Waals surface area contributed by atoms with Gasteiger partial charge in [0.15, 0.2) is 0 Å². The van der Waals surface area contributed by atoms with Gasteiger partial charge in [0, 0.05) is 0 Å². The Hall–Kier alpha value is 1.26. The van der Waals surface area contributed by atoms with E-state index in [1.54, 1.807) is 0 Å². The van der Waals surface area contributed by atoms with Crippen LogP contribution in [-0.4, -0.2) is 0 Å². The fourth-order valence-corrected chi connectivity index (χ4v) is 0.891. The topological polar surface area (TPSA) is 0 Å². The van der Waals surface area contributed by atoms with Gasteiger partial charge in [0.1, 0.15) is 0 Å². The molecule has 0 spiro atoms. The second-order valence-corrected chi connectivity index (χ2v) is 14.4. The van der Waals surface area contributed by atoms with Crippen molar-refractivity contribution in [3.63, 3.8) is 0 Å². The first-order valence-electron chi connectivity index (χ1n) is 3.58. The van der Waals surface area contributed by atoms with E-state index in [2.05, 4.69) is 78.9 Å². The third kappa shape index (κ3) is 5.83. The fraction of sp³-hybridized carbons (Fsp3) is 0.333. The summed E-state index contributed by atoms with van der Waals surface area (Å²) in [7, 11) is 0.628. The van der Waals surface area contributed by atoms with Crippen LogP contribution in [-0.2, 0) is 9.47 Å². The summed E-state index contributed by atoms with van der Waals surface area (Å²) in [6, 6.07) is 6.50. The zero-order chi connectivity index (χ0) is 9.56. The molecule has 1 rings (SSSR count). The van der Waals surface area contributed by atoms with Crippen molar-refractivity contribution in [2.75, 3.05) is 0 Å². The molecule has 3 heteroatoms. The van der Waals surface area contributed by atoms with E-state index in [0.29, 0.717) is 9.47 Å². The number of rotatable bonds is 0. The quantitative estimate of drug-likeness (QED) is 0.542. The van der Waals surface area contributed by atoms with Crippen molar-refractivity contribution >= 4 is 40.0 Å². The molecule has 0 atom stereocenters. The van der Waals surface area contributed by atoms with Gasteiger partial charge in [-0.3, -0.25) is 0 Å². The van der Waals surface area contributed by atoms with Gasteiger partial charge in [0.25, 0.3) is 0 Å². The predicted octanol–water partition coefficient (Wildman–Crippen LogP) is 4.38. The summed E-state index contributed by atoms with van der Waals surface area (Å²) in [4.78, 5) is 0. The Morgan fingerprint density at radius 3 is 1.83 bits per heavy atom. The van der Waals surface area contributed by atoms with Crippen LogP contribution in [0.3, 0.4) is 0 Å². The average molecular weight is 425 g/mol. The Labute approximate surface area is 104 Å². The van der Waals surface area contributed by atoms with E-state index in [0.717, 1.165) is 0 Å². The third-order valence-corrected chi connectivity index (χ3v) is 1.66. The van der Waals surface area contributed by atoms with Crippen LogP contribution in [0.4, 0.5) is 0 Å². The van der Waals surface area contributed by atoms with Crippen molar-refractivity contribution in [2.45, 2.75) is 20.8 Å². The van der Waals surface area contributed by atoms with Crippen LogP contribution < -0.4 is 0 Å². The van der Waals surface area contributed by atoms with Crippen LogP contribution in [0.5, 0.6) is 0 Å². The molecule has 0 bridgehead atoms. The van der Waals surface area contributed by atoms with Crippen LogP contribution in [0.15, 0.2) is 18.2 Å². The molecule has 0 saturated heterocycles. The Morgan fingerprint density at radius 1 is 1.00 bits per heavy atom. The van der Waals surface area contributed by atoms with Crippen LogP contribution in [0.2, 0.25) is 0 Å². The fourth-order valence-electron chi connectivity index (χ4n) is 0.891. The normalized spacial score (nSPS) is 8.42. The first-order valence-corrected chi connectivity index (χ1v) is 12.6. The van der Waals surface area contributed by atoms with E-state index in [9.17, 15) is 0 Å². The molecule has 0 amide bonds. The van der Waals surface area contributed by atoms with Gasteiger partial charge in [-0.25, -0.2) is 0 Å². The van der Waals surface area contributed by atoms with E-state index >= 15 is 0 Å². The SMILES string of the molecule is Cc1ccc(C)c(C)c1.[I][V][I]. The van der Waals surface area contributed by atoms with Crippen molar-refractivity contribution in [3.05, 3.63) is 34.9 Å². The Morgan fingerprint density at radius 2 is 1.50 bits per heavy atom. The van der Waals surface area contributed by atoms with Crippen molar-refractivity contribution in [3.8, 4) is 0 Å². The van der Waals surface area contributed by atoms with E-state index < -0.39 is 0 Å². The number of halogens is 2. The summed E-state index contributed by atoms with van der Waals surface area (Å²) in [5.74, 6) is 0. The first kappa shape index (κ1) is 13.3.